The molecule has 0 spiro atoms. The number of hydrogen-bond acceptors (Lipinski definition) is 3. The van der Waals surface area contributed by atoms with Crippen LogP contribution in [-0.4, -0.2) is 14.5 Å². The van der Waals surface area contributed by atoms with Crippen molar-refractivity contribution >= 4 is 43.7 Å². The second kappa shape index (κ2) is 13.1. The van der Waals surface area contributed by atoms with E-state index >= 15 is 0 Å². The summed E-state index contributed by atoms with van der Waals surface area (Å²) in [6.45, 7) is 0. The lowest BCUT2D eigenvalue weighted by atomic mass is 9.92. The van der Waals surface area contributed by atoms with Gasteiger partial charge in [0.2, 0.25) is 0 Å². The van der Waals surface area contributed by atoms with Crippen LogP contribution >= 0.6 is 0 Å². The Morgan fingerprint density at radius 2 is 0.839 bits per heavy atom. The summed E-state index contributed by atoms with van der Waals surface area (Å²) in [5.41, 5.74) is 14.1. The van der Waals surface area contributed by atoms with E-state index in [1.165, 1.54) is 10.8 Å². The first-order chi connectivity index (χ1) is 27.8. The Bertz CT molecular complexity index is 3100. The van der Waals surface area contributed by atoms with Crippen LogP contribution < -0.4 is 0 Å². The van der Waals surface area contributed by atoms with Gasteiger partial charge in [-0.15, -0.1) is 0 Å². The molecule has 0 amide bonds. The third-order valence-corrected chi connectivity index (χ3v) is 10.8. The predicted octanol–water partition coefficient (Wildman–Crippen LogP) is 13.8. The maximum Gasteiger partial charge on any atom is 0.160 e. The molecular weight excluding hydrogens is 683 g/mol. The SMILES string of the molecule is c1ccc(-c2cc(-c3ccccc3)nc(-c3cc(-c4ccccc4)c(-n4c5ccccc5c5cc6c(cc54)oc4ccccc46)c(-c4ccccc4)c3)n2)cc1. The number of nitrogens with zero attached hydrogens (tertiary/aromatic N) is 3. The molecule has 11 rings (SSSR count). The Morgan fingerprint density at radius 1 is 0.339 bits per heavy atom. The molecule has 0 unspecified atom stereocenters. The highest BCUT2D eigenvalue weighted by Crippen LogP contribution is 2.45. The van der Waals surface area contributed by atoms with Gasteiger partial charge in [-0.2, -0.15) is 0 Å². The maximum atomic E-state index is 6.52. The van der Waals surface area contributed by atoms with E-state index in [0.717, 1.165) is 89.0 Å². The van der Waals surface area contributed by atoms with Crippen LogP contribution in [0.5, 0.6) is 0 Å². The Kier molecular flexibility index (Phi) is 7.46. The minimum atomic E-state index is 0.664. The van der Waals surface area contributed by atoms with Crippen molar-refractivity contribution in [2.75, 3.05) is 0 Å². The van der Waals surface area contributed by atoms with Crippen molar-refractivity contribution in [3.8, 4) is 61.8 Å². The molecule has 0 saturated carbocycles. The van der Waals surface area contributed by atoms with Crippen LogP contribution in [0.2, 0.25) is 0 Å². The molecule has 3 aromatic heterocycles. The van der Waals surface area contributed by atoms with Crippen molar-refractivity contribution < 1.29 is 4.42 Å². The molecule has 56 heavy (non-hydrogen) atoms. The minimum Gasteiger partial charge on any atom is -0.456 e. The molecular formula is C52H33N3O. The fraction of sp³-hybridized carbons (Fsp3) is 0. The van der Waals surface area contributed by atoms with Gasteiger partial charge in [-0.05, 0) is 47.5 Å². The fourth-order valence-electron chi connectivity index (χ4n) is 8.20. The van der Waals surface area contributed by atoms with Gasteiger partial charge in [-0.3, -0.25) is 0 Å². The number of benzene rings is 8. The summed E-state index contributed by atoms with van der Waals surface area (Å²) in [7, 11) is 0. The monoisotopic (exact) mass is 715 g/mol. The topological polar surface area (TPSA) is 43.9 Å². The van der Waals surface area contributed by atoms with E-state index in [9.17, 15) is 0 Å². The fourth-order valence-corrected chi connectivity index (χ4v) is 8.20. The molecule has 262 valence electrons. The van der Waals surface area contributed by atoms with Crippen LogP contribution in [-0.2, 0) is 0 Å². The molecule has 0 radical (unpaired) electrons. The zero-order valence-corrected chi connectivity index (χ0v) is 30.3. The Hall–Kier alpha value is -7.56. The molecule has 0 aliphatic rings. The lowest BCUT2D eigenvalue weighted by Crippen LogP contribution is -2.03. The smallest absolute Gasteiger partial charge is 0.160 e. The highest BCUT2D eigenvalue weighted by molar-refractivity contribution is 6.18. The predicted molar refractivity (Wildman–Crippen MR) is 231 cm³/mol. The van der Waals surface area contributed by atoms with Crippen LogP contribution in [0, 0.1) is 0 Å². The largest absolute Gasteiger partial charge is 0.456 e. The molecule has 11 aromatic rings. The molecule has 0 atom stereocenters. The zero-order chi connectivity index (χ0) is 37.0. The van der Waals surface area contributed by atoms with Gasteiger partial charge in [0, 0.05) is 55.4 Å². The summed E-state index contributed by atoms with van der Waals surface area (Å²) in [4.78, 5) is 10.6. The van der Waals surface area contributed by atoms with Crippen LogP contribution in [0.4, 0.5) is 0 Å². The van der Waals surface area contributed by atoms with Crippen molar-refractivity contribution in [3.63, 3.8) is 0 Å². The summed E-state index contributed by atoms with van der Waals surface area (Å²) in [5.74, 6) is 0.664. The van der Waals surface area contributed by atoms with Gasteiger partial charge in [-0.25, -0.2) is 9.97 Å². The zero-order valence-electron chi connectivity index (χ0n) is 30.3. The van der Waals surface area contributed by atoms with Gasteiger partial charge in [0.05, 0.1) is 28.1 Å². The molecule has 3 heterocycles. The number of aromatic nitrogens is 3. The van der Waals surface area contributed by atoms with Crippen LogP contribution in [0.1, 0.15) is 0 Å². The third kappa shape index (κ3) is 5.31. The van der Waals surface area contributed by atoms with E-state index in [0.29, 0.717) is 5.82 Å². The Balaban J connectivity index is 1.26. The van der Waals surface area contributed by atoms with Crippen molar-refractivity contribution in [2.24, 2.45) is 0 Å². The first kappa shape index (κ1) is 31.9. The van der Waals surface area contributed by atoms with Crippen LogP contribution in [0.15, 0.2) is 205 Å². The number of rotatable bonds is 6. The third-order valence-electron chi connectivity index (χ3n) is 10.8. The van der Waals surface area contributed by atoms with E-state index in [4.69, 9.17) is 14.4 Å². The first-order valence-corrected chi connectivity index (χ1v) is 18.9. The second-order valence-corrected chi connectivity index (χ2v) is 14.2. The van der Waals surface area contributed by atoms with E-state index in [1.807, 2.05) is 24.3 Å². The lowest BCUT2D eigenvalue weighted by molar-refractivity contribution is 0.669. The highest BCUT2D eigenvalue weighted by Gasteiger charge is 2.24. The quantitative estimate of drug-likeness (QED) is 0.172. The van der Waals surface area contributed by atoms with Crippen LogP contribution in [0.25, 0.3) is 106 Å². The van der Waals surface area contributed by atoms with E-state index in [2.05, 4.69) is 180 Å². The molecule has 0 aliphatic carbocycles. The number of para-hydroxylation sites is 2. The average molecular weight is 716 g/mol. The average Bonchev–Trinajstić information content (AvgIpc) is 3.80. The van der Waals surface area contributed by atoms with E-state index in [1.54, 1.807) is 0 Å². The van der Waals surface area contributed by atoms with Gasteiger partial charge in [-0.1, -0.05) is 158 Å². The standard InChI is InChI=1S/C52H33N3O/c1-5-17-34(18-6-1)41-29-38(52-53-45(36-21-9-3-10-22-36)32-46(54-52)37-23-11-4-12-24-37)30-42(35-19-7-2-8-20-35)51(41)55-47-27-15-13-25-39(47)43-31-44-40-26-14-16-28-49(40)56-50(44)33-48(43)55/h1-33H. The van der Waals surface area contributed by atoms with E-state index in [-0.39, 0.29) is 0 Å². The Labute approximate surface area is 323 Å². The molecule has 4 heteroatoms. The van der Waals surface area contributed by atoms with Crippen LogP contribution in [0.3, 0.4) is 0 Å². The van der Waals surface area contributed by atoms with E-state index < -0.39 is 0 Å². The second-order valence-electron chi connectivity index (χ2n) is 14.2. The lowest BCUT2D eigenvalue weighted by Gasteiger charge is -2.21. The summed E-state index contributed by atoms with van der Waals surface area (Å²) in [5, 5.41) is 4.59. The minimum absolute atomic E-state index is 0.664. The van der Waals surface area contributed by atoms with Gasteiger partial charge in [0.15, 0.2) is 5.82 Å². The van der Waals surface area contributed by atoms with Crippen molar-refractivity contribution in [2.45, 2.75) is 0 Å². The molecule has 0 aliphatic heterocycles. The van der Waals surface area contributed by atoms with Crippen molar-refractivity contribution in [1.82, 2.24) is 14.5 Å². The molecule has 0 bridgehead atoms. The molecule has 0 saturated heterocycles. The number of fused-ring (bicyclic) bond motifs is 6. The number of furan rings is 1. The molecule has 0 N–H and O–H groups in total. The normalized spacial score (nSPS) is 11.6. The molecule has 4 nitrogen and oxygen atoms in total. The van der Waals surface area contributed by atoms with Gasteiger partial charge in [0.25, 0.3) is 0 Å². The van der Waals surface area contributed by atoms with Gasteiger partial charge in [0.1, 0.15) is 11.2 Å². The van der Waals surface area contributed by atoms with Gasteiger partial charge >= 0.3 is 0 Å². The van der Waals surface area contributed by atoms with Crippen molar-refractivity contribution in [1.29, 1.82) is 0 Å². The number of hydrogen-bond donors (Lipinski definition) is 0. The first-order valence-electron chi connectivity index (χ1n) is 18.9. The highest BCUT2D eigenvalue weighted by atomic mass is 16.3. The Morgan fingerprint density at radius 3 is 1.43 bits per heavy atom. The van der Waals surface area contributed by atoms with Crippen molar-refractivity contribution in [3.05, 3.63) is 200 Å². The van der Waals surface area contributed by atoms with Gasteiger partial charge < -0.3 is 8.98 Å². The summed E-state index contributed by atoms with van der Waals surface area (Å²) >= 11 is 0. The molecule has 0 fully saturated rings. The molecule has 8 aromatic carbocycles. The summed E-state index contributed by atoms with van der Waals surface area (Å²) in [6.07, 6.45) is 0. The maximum absolute atomic E-state index is 6.52. The summed E-state index contributed by atoms with van der Waals surface area (Å²) < 4.78 is 8.95. The summed E-state index contributed by atoms with van der Waals surface area (Å²) in [6, 6.07) is 70.3.